The van der Waals surface area contributed by atoms with Gasteiger partial charge >= 0.3 is 6.09 Å². The van der Waals surface area contributed by atoms with Gasteiger partial charge in [-0.05, 0) is 55.7 Å². The van der Waals surface area contributed by atoms with Gasteiger partial charge in [0.15, 0.2) is 9.84 Å². The first-order valence-electron chi connectivity index (χ1n) is 9.97. The van der Waals surface area contributed by atoms with Crippen LogP contribution in [0.25, 0.3) is 11.1 Å². The molecule has 0 N–H and O–H groups in total. The Morgan fingerprint density at radius 3 is 2.33 bits per heavy atom. The van der Waals surface area contributed by atoms with E-state index in [4.69, 9.17) is 4.74 Å². The summed E-state index contributed by atoms with van der Waals surface area (Å²) in [5.41, 5.74) is 4.30. The Morgan fingerprint density at radius 1 is 1.13 bits per heavy atom. The van der Waals surface area contributed by atoms with Crippen LogP contribution in [0.15, 0.2) is 59.6 Å². The minimum absolute atomic E-state index is 0.0593. The number of nitrogens with zero attached hydrogens (tertiary/aromatic N) is 2. The summed E-state index contributed by atoms with van der Waals surface area (Å²) in [6.45, 7) is 10.9. The molecular formula is C23H28N2O4S. The number of carbonyl (C=O) groups excluding carboxylic acids is 1. The molecule has 160 valence electrons. The van der Waals surface area contributed by atoms with Crippen LogP contribution in [0, 0.1) is 0 Å². The van der Waals surface area contributed by atoms with E-state index >= 15 is 0 Å². The second-order valence-electron chi connectivity index (χ2n) is 7.68. The Balaban J connectivity index is 2.06. The van der Waals surface area contributed by atoms with Gasteiger partial charge in [-0.25, -0.2) is 13.2 Å². The van der Waals surface area contributed by atoms with Crippen LogP contribution in [0.3, 0.4) is 0 Å². The largest absolute Gasteiger partial charge is 0.449 e. The fourth-order valence-electron chi connectivity index (χ4n) is 3.72. The van der Waals surface area contributed by atoms with Gasteiger partial charge in [-0.3, -0.25) is 4.90 Å². The van der Waals surface area contributed by atoms with E-state index in [2.05, 4.69) is 18.4 Å². The third-order valence-corrected chi connectivity index (χ3v) is 6.22. The quantitative estimate of drug-likeness (QED) is 0.681. The molecule has 1 aliphatic rings. The molecule has 0 bridgehead atoms. The van der Waals surface area contributed by atoms with Crippen LogP contribution in [0.5, 0.6) is 0 Å². The Labute approximate surface area is 178 Å². The highest BCUT2D eigenvalue weighted by molar-refractivity contribution is 7.90. The predicted molar refractivity (Wildman–Crippen MR) is 121 cm³/mol. The van der Waals surface area contributed by atoms with E-state index < -0.39 is 9.84 Å². The maximum absolute atomic E-state index is 12.7. The van der Waals surface area contributed by atoms with Crippen LogP contribution in [0.2, 0.25) is 0 Å². The standard InChI is InChI=1S/C23H28N2O4S/c1-6-13-29-23(26)24-15-17(4)25(16(2)3)21-12-9-19(14-22(21)24)18-7-10-20(11-8-18)30(5,27)28/h7-12,14,17H,2,6,13,15H2,1,3-5H3/t17-/m0/s1. The molecule has 3 rings (SSSR count). The van der Waals surface area contributed by atoms with Gasteiger partial charge in [0.2, 0.25) is 0 Å². The molecule has 0 saturated carbocycles. The van der Waals surface area contributed by atoms with Crippen molar-refractivity contribution in [2.24, 2.45) is 0 Å². The molecular weight excluding hydrogens is 400 g/mol. The highest BCUT2D eigenvalue weighted by Gasteiger charge is 2.33. The highest BCUT2D eigenvalue weighted by Crippen LogP contribution is 2.40. The van der Waals surface area contributed by atoms with Crippen LogP contribution in [0.1, 0.15) is 27.2 Å². The van der Waals surface area contributed by atoms with E-state index in [9.17, 15) is 13.2 Å². The van der Waals surface area contributed by atoms with Crippen LogP contribution in [-0.2, 0) is 14.6 Å². The van der Waals surface area contributed by atoms with Crippen molar-refractivity contribution in [2.45, 2.75) is 38.1 Å². The molecule has 1 heterocycles. The lowest BCUT2D eigenvalue weighted by Crippen LogP contribution is -2.49. The monoisotopic (exact) mass is 428 g/mol. The van der Waals surface area contributed by atoms with Gasteiger partial charge in [-0.1, -0.05) is 31.7 Å². The first kappa shape index (κ1) is 21.9. The normalized spacial score (nSPS) is 16.2. The third-order valence-electron chi connectivity index (χ3n) is 5.09. The molecule has 2 aromatic carbocycles. The van der Waals surface area contributed by atoms with E-state index in [0.29, 0.717) is 13.2 Å². The van der Waals surface area contributed by atoms with Crippen molar-refractivity contribution in [3.05, 3.63) is 54.7 Å². The number of anilines is 2. The van der Waals surface area contributed by atoms with E-state index in [0.717, 1.165) is 34.6 Å². The summed E-state index contributed by atoms with van der Waals surface area (Å²) in [6.07, 6.45) is 1.58. The zero-order valence-corrected chi connectivity index (χ0v) is 18.7. The average Bonchev–Trinajstić information content (AvgIpc) is 2.70. The average molecular weight is 429 g/mol. The van der Waals surface area contributed by atoms with Gasteiger partial charge < -0.3 is 9.64 Å². The summed E-state index contributed by atoms with van der Waals surface area (Å²) in [7, 11) is -3.25. The van der Waals surface area contributed by atoms with Gasteiger partial charge in [0.1, 0.15) is 0 Å². The zero-order valence-electron chi connectivity index (χ0n) is 17.9. The maximum Gasteiger partial charge on any atom is 0.414 e. The second-order valence-corrected chi connectivity index (χ2v) is 9.70. The van der Waals surface area contributed by atoms with E-state index in [-0.39, 0.29) is 17.0 Å². The first-order valence-corrected chi connectivity index (χ1v) is 11.9. The number of hydrogen-bond donors (Lipinski definition) is 0. The van der Waals surface area contributed by atoms with Gasteiger partial charge in [-0.2, -0.15) is 0 Å². The molecule has 6 nitrogen and oxygen atoms in total. The third kappa shape index (κ3) is 4.36. The molecule has 0 saturated heterocycles. The second kappa shape index (κ2) is 8.52. The Morgan fingerprint density at radius 2 is 1.77 bits per heavy atom. The number of fused-ring (bicyclic) bond motifs is 1. The number of rotatable bonds is 5. The van der Waals surface area contributed by atoms with Crippen molar-refractivity contribution < 1.29 is 17.9 Å². The topological polar surface area (TPSA) is 66.9 Å². The molecule has 7 heteroatoms. The van der Waals surface area contributed by atoms with E-state index in [1.54, 1.807) is 29.2 Å². The highest BCUT2D eigenvalue weighted by atomic mass is 32.2. The Kier molecular flexibility index (Phi) is 6.22. The fourth-order valence-corrected chi connectivity index (χ4v) is 4.35. The molecule has 1 aliphatic heterocycles. The number of sulfone groups is 1. The van der Waals surface area contributed by atoms with Crippen molar-refractivity contribution in [1.29, 1.82) is 0 Å². The van der Waals surface area contributed by atoms with E-state index in [1.807, 2.05) is 32.0 Å². The van der Waals surface area contributed by atoms with Gasteiger partial charge in [0.05, 0.1) is 22.9 Å². The summed E-state index contributed by atoms with van der Waals surface area (Å²) in [5, 5.41) is 0. The van der Waals surface area contributed by atoms with Crippen molar-refractivity contribution in [3.8, 4) is 11.1 Å². The van der Waals surface area contributed by atoms with Gasteiger partial charge in [0.25, 0.3) is 0 Å². The van der Waals surface area contributed by atoms with E-state index in [1.165, 1.54) is 6.26 Å². The molecule has 30 heavy (non-hydrogen) atoms. The summed E-state index contributed by atoms with van der Waals surface area (Å²) in [4.78, 5) is 16.8. The van der Waals surface area contributed by atoms with Crippen molar-refractivity contribution >= 4 is 27.3 Å². The summed E-state index contributed by atoms with van der Waals surface area (Å²) < 4.78 is 28.9. The fraction of sp³-hybridized carbons (Fsp3) is 0.348. The Bertz CT molecular complexity index is 1060. The minimum Gasteiger partial charge on any atom is -0.449 e. The van der Waals surface area contributed by atoms with Crippen molar-refractivity contribution in [2.75, 3.05) is 29.2 Å². The number of carbonyl (C=O) groups is 1. The maximum atomic E-state index is 12.7. The number of allylic oxidation sites excluding steroid dienone is 1. The summed E-state index contributed by atoms with van der Waals surface area (Å²) in [5.74, 6) is 0. The lowest BCUT2D eigenvalue weighted by Gasteiger charge is -2.42. The summed E-state index contributed by atoms with van der Waals surface area (Å²) in [6, 6.07) is 12.7. The first-order chi connectivity index (χ1) is 14.1. The number of ether oxygens (including phenoxy) is 1. The lowest BCUT2D eigenvalue weighted by molar-refractivity contribution is 0.153. The SMILES string of the molecule is C=C(C)N1c2ccc(-c3ccc(S(C)(=O)=O)cc3)cc2N(C(=O)OCCC)C[C@@H]1C. The predicted octanol–water partition coefficient (Wildman–Crippen LogP) is 4.85. The van der Waals surface area contributed by atoms with Crippen LogP contribution >= 0.6 is 0 Å². The molecule has 0 aliphatic carbocycles. The molecule has 0 unspecified atom stereocenters. The smallest absolute Gasteiger partial charge is 0.414 e. The number of benzene rings is 2. The van der Waals surface area contributed by atoms with Crippen molar-refractivity contribution in [3.63, 3.8) is 0 Å². The molecule has 1 atom stereocenters. The molecule has 0 fully saturated rings. The van der Waals surface area contributed by atoms with Gasteiger partial charge in [0, 0.05) is 24.5 Å². The molecule has 1 amide bonds. The minimum atomic E-state index is -3.25. The number of amides is 1. The Hall–Kier alpha value is -2.80. The van der Waals surface area contributed by atoms with Crippen molar-refractivity contribution in [1.82, 2.24) is 0 Å². The van der Waals surface area contributed by atoms with Crippen LogP contribution in [0.4, 0.5) is 16.2 Å². The zero-order chi connectivity index (χ0) is 22.1. The van der Waals surface area contributed by atoms with Crippen LogP contribution in [-0.4, -0.2) is 40.0 Å². The lowest BCUT2D eigenvalue weighted by atomic mass is 10.0. The van der Waals surface area contributed by atoms with Gasteiger partial charge in [-0.15, -0.1) is 0 Å². The molecule has 0 radical (unpaired) electrons. The number of hydrogen-bond acceptors (Lipinski definition) is 5. The molecule has 0 spiro atoms. The summed E-state index contributed by atoms with van der Waals surface area (Å²) >= 11 is 0. The molecule has 2 aromatic rings. The van der Waals surface area contributed by atoms with Crippen LogP contribution < -0.4 is 9.80 Å². The molecule has 0 aromatic heterocycles.